The summed E-state index contributed by atoms with van der Waals surface area (Å²) in [4.78, 5) is 17.8. The van der Waals surface area contributed by atoms with E-state index in [9.17, 15) is 4.79 Å². The van der Waals surface area contributed by atoms with Crippen molar-refractivity contribution in [2.45, 2.75) is 13.0 Å². The molecular formula is C16H16N4O. The molecule has 3 aromatic rings. The number of aromatic amines is 1. The third kappa shape index (κ3) is 1.93. The minimum Gasteiger partial charge on any atom is -0.357 e. The molecule has 1 amide bonds. The predicted octanol–water partition coefficient (Wildman–Crippen LogP) is 2.10. The van der Waals surface area contributed by atoms with Crippen LogP contribution in [0.5, 0.6) is 0 Å². The Morgan fingerprint density at radius 1 is 1.33 bits per heavy atom. The lowest BCUT2D eigenvalue weighted by molar-refractivity contribution is 0.0733. The van der Waals surface area contributed by atoms with Crippen LogP contribution in [0.15, 0.2) is 36.7 Å². The largest absolute Gasteiger partial charge is 0.357 e. The highest BCUT2D eigenvalue weighted by atomic mass is 16.2. The minimum atomic E-state index is 0.0485. The molecule has 1 N–H and O–H groups in total. The number of carbonyl (C=O) groups is 1. The van der Waals surface area contributed by atoms with E-state index in [2.05, 4.69) is 28.3 Å². The van der Waals surface area contributed by atoms with E-state index in [1.807, 2.05) is 18.0 Å². The molecule has 4 rings (SSSR count). The van der Waals surface area contributed by atoms with Crippen LogP contribution >= 0.6 is 0 Å². The van der Waals surface area contributed by atoms with Gasteiger partial charge in [0, 0.05) is 36.4 Å². The smallest absolute Gasteiger partial charge is 0.257 e. The number of fused-ring (bicyclic) bond motifs is 3. The molecule has 1 aromatic carbocycles. The van der Waals surface area contributed by atoms with Crippen molar-refractivity contribution < 1.29 is 4.79 Å². The molecule has 5 nitrogen and oxygen atoms in total. The van der Waals surface area contributed by atoms with E-state index in [1.54, 1.807) is 17.1 Å². The molecule has 1 aliphatic heterocycles. The highest BCUT2D eigenvalue weighted by Crippen LogP contribution is 2.27. The SMILES string of the molecule is Cn1cc(C(=O)N2CCc3c([nH]c4ccccc34)C2)cn1. The van der Waals surface area contributed by atoms with Crippen molar-refractivity contribution in [1.82, 2.24) is 19.7 Å². The number of hydrogen-bond donors (Lipinski definition) is 1. The Morgan fingerprint density at radius 3 is 3.00 bits per heavy atom. The average molecular weight is 280 g/mol. The summed E-state index contributed by atoms with van der Waals surface area (Å²) in [6.07, 6.45) is 4.29. The highest BCUT2D eigenvalue weighted by molar-refractivity contribution is 5.94. The first kappa shape index (κ1) is 12.2. The van der Waals surface area contributed by atoms with Gasteiger partial charge in [-0.3, -0.25) is 9.48 Å². The second-order valence-corrected chi connectivity index (χ2v) is 5.51. The third-order valence-corrected chi connectivity index (χ3v) is 4.12. The lowest BCUT2D eigenvalue weighted by atomic mass is 10.0. The van der Waals surface area contributed by atoms with Gasteiger partial charge in [-0.1, -0.05) is 18.2 Å². The van der Waals surface area contributed by atoms with Crippen LogP contribution in [0.25, 0.3) is 10.9 Å². The van der Waals surface area contributed by atoms with Crippen molar-refractivity contribution in [2.75, 3.05) is 6.54 Å². The van der Waals surface area contributed by atoms with Crippen molar-refractivity contribution in [3.8, 4) is 0 Å². The highest BCUT2D eigenvalue weighted by Gasteiger charge is 2.25. The monoisotopic (exact) mass is 280 g/mol. The van der Waals surface area contributed by atoms with Gasteiger partial charge in [-0.25, -0.2) is 0 Å². The van der Waals surface area contributed by atoms with E-state index in [4.69, 9.17) is 0 Å². The van der Waals surface area contributed by atoms with Gasteiger partial charge in [-0.15, -0.1) is 0 Å². The maximum absolute atomic E-state index is 12.5. The Labute approximate surface area is 122 Å². The molecule has 106 valence electrons. The van der Waals surface area contributed by atoms with E-state index in [0.29, 0.717) is 12.1 Å². The maximum Gasteiger partial charge on any atom is 0.257 e. The van der Waals surface area contributed by atoms with Gasteiger partial charge in [0.25, 0.3) is 5.91 Å². The van der Waals surface area contributed by atoms with Crippen molar-refractivity contribution >= 4 is 16.8 Å². The first-order valence-electron chi connectivity index (χ1n) is 7.09. The van der Waals surface area contributed by atoms with Gasteiger partial charge < -0.3 is 9.88 Å². The number of benzene rings is 1. The molecule has 0 atom stereocenters. The van der Waals surface area contributed by atoms with Crippen LogP contribution in [0, 0.1) is 0 Å². The van der Waals surface area contributed by atoms with Gasteiger partial charge in [-0.2, -0.15) is 5.10 Å². The minimum absolute atomic E-state index is 0.0485. The Morgan fingerprint density at radius 2 is 2.19 bits per heavy atom. The zero-order chi connectivity index (χ0) is 14.4. The summed E-state index contributed by atoms with van der Waals surface area (Å²) in [6.45, 7) is 1.39. The van der Waals surface area contributed by atoms with E-state index >= 15 is 0 Å². The quantitative estimate of drug-likeness (QED) is 0.742. The summed E-state index contributed by atoms with van der Waals surface area (Å²) < 4.78 is 1.66. The number of nitrogens with zero attached hydrogens (tertiary/aromatic N) is 3. The molecule has 1 aliphatic rings. The molecular weight excluding hydrogens is 264 g/mol. The second-order valence-electron chi connectivity index (χ2n) is 5.51. The van der Waals surface area contributed by atoms with Crippen molar-refractivity contribution in [3.05, 3.63) is 53.5 Å². The average Bonchev–Trinajstić information content (AvgIpc) is 3.09. The van der Waals surface area contributed by atoms with Crippen LogP contribution < -0.4 is 0 Å². The summed E-state index contributed by atoms with van der Waals surface area (Å²) in [5.74, 6) is 0.0485. The molecule has 21 heavy (non-hydrogen) atoms. The van der Waals surface area contributed by atoms with Gasteiger partial charge in [0.15, 0.2) is 0 Å². The first-order valence-corrected chi connectivity index (χ1v) is 7.09. The van der Waals surface area contributed by atoms with Crippen LogP contribution in [-0.2, 0) is 20.0 Å². The van der Waals surface area contributed by atoms with Crippen molar-refractivity contribution in [1.29, 1.82) is 0 Å². The Balaban J connectivity index is 1.66. The lowest BCUT2D eigenvalue weighted by Crippen LogP contribution is -2.35. The Bertz CT molecular complexity index is 830. The molecule has 5 heteroatoms. The topological polar surface area (TPSA) is 53.9 Å². The predicted molar refractivity (Wildman–Crippen MR) is 80.0 cm³/mol. The molecule has 0 fully saturated rings. The maximum atomic E-state index is 12.5. The number of amides is 1. The Kier molecular flexibility index (Phi) is 2.60. The fourth-order valence-corrected chi connectivity index (χ4v) is 3.08. The van der Waals surface area contributed by atoms with Crippen LogP contribution in [-0.4, -0.2) is 32.1 Å². The van der Waals surface area contributed by atoms with Crippen LogP contribution in [0.2, 0.25) is 0 Å². The van der Waals surface area contributed by atoms with Gasteiger partial charge in [0.2, 0.25) is 0 Å². The number of para-hydroxylation sites is 1. The molecule has 2 aromatic heterocycles. The van der Waals surface area contributed by atoms with Gasteiger partial charge in [0.05, 0.1) is 18.3 Å². The van der Waals surface area contributed by atoms with Crippen LogP contribution in [0.3, 0.4) is 0 Å². The summed E-state index contributed by atoms with van der Waals surface area (Å²) in [6, 6.07) is 8.32. The second kappa shape index (κ2) is 4.48. The number of hydrogen-bond acceptors (Lipinski definition) is 2. The van der Waals surface area contributed by atoms with Gasteiger partial charge >= 0.3 is 0 Å². The summed E-state index contributed by atoms with van der Waals surface area (Å²) >= 11 is 0. The fourth-order valence-electron chi connectivity index (χ4n) is 3.08. The van der Waals surface area contributed by atoms with Crippen LogP contribution in [0.1, 0.15) is 21.6 Å². The molecule has 0 aliphatic carbocycles. The number of aryl methyl sites for hydroxylation is 1. The number of nitrogens with one attached hydrogen (secondary N) is 1. The molecule has 0 spiro atoms. The molecule has 0 unspecified atom stereocenters. The number of aromatic nitrogens is 3. The number of carbonyl (C=O) groups excluding carboxylic acids is 1. The van der Waals surface area contributed by atoms with Crippen LogP contribution in [0.4, 0.5) is 0 Å². The normalized spacial score (nSPS) is 14.4. The summed E-state index contributed by atoms with van der Waals surface area (Å²) in [5, 5.41) is 5.35. The molecule has 3 heterocycles. The molecule has 0 radical (unpaired) electrons. The zero-order valence-corrected chi connectivity index (χ0v) is 11.8. The Hall–Kier alpha value is -2.56. The lowest BCUT2D eigenvalue weighted by Gasteiger charge is -2.26. The summed E-state index contributed by atoms with van der Waals surface area (Å²) in [5.41, 5.74) is 4.30. The van der Waals surface area contributed by atoms with E-state index in [-0.39, 0.29) is 5.91 Å². The van der Waals surface area contributed by atoms with E-state index in [1.165, 1.54) is 10.9 Å². The number of rotatable bonds is 1. The van der Waals surface area contributed by atoms with Gasteiger partial charge in [-0.05, 0) is 18.1 Å². The van der Waals surface area contributed by atoms with Gasteiger partial charge in [0.1, 0.15) is 0 Å². The van der Waals surface area contributed by atoms with E-state index < -0.39 is 0 Å². The third-order valence-electron chi connectivity index (χ3n) is 4.12. The van der Waals surface area contributed by atoms with Crippen molar-refractivity contribution in [2.24, 2.45) is 7.05 Å². The summed E-state index contributed by atoms with van der Waals surface area (Å²) in [7, 11) is 1.82. The van der Waals surface area contributed by atoms with Crippen molar-refractivity contribution in [3.63, 3.8) is 0 Å². The molecule has 0 saturated carbocycles. The zero-order valence-electron chi connectivity index (χ0n) is 11.8. The standard InChI is InChI=1S/C16H16N4O/c1-19-9-11(8-17-19)16(21)20-7-6-13-12-4-2-3-5-14(12)18-15(13)10-20/h2-5,8-9,18H,6-7,10H2,1H3. The first-order chi connectivity index (χ1) is 10.2. The number of H-pyrrole nitrogens is 1. The van der Waals surface area contributed by atoms with E-state index in [0.717, 1.165) is 24.2 Å². The molecule has 0 bridgehead atoms. The molecule has 0 saturated heterocycles. The fraction of sp³-hybridized carbons (Fsp3) is 0.250.